The number of hydrogen-bond donors (Lipinski definition) is 2. The van der Waals surface area contributed by atoms with Crippen LogP contribution in [0.5, 0.6) is 0 Å². The topological polar surface area (TPSA) is 101 Å². The van der Waals surface area contributed by atoms with Crippen LogP contribution in [0.1, 0.15) is 50.2 Å². The lowest BCUT2D eigenvalue weighted by molar-refractivity contribution is -0.146. The first-order valence-electron chi connectivity index (χ1n) is 7.96. The summed E-state index contributed by atoms with van der Waals surface area (Å²) in [6.45, 7) is 3.10. The van der Waals surface area contributed by atoms with Crippen LogP contribution >= 0.6 is 0 Å². The monoisotopic (exact) mass is 336 g/mol. The molecule has 1 aromatic rings. The van der Waals surface area contributed by atoms with Gasteiger partial charge in [0.05, 0.1) is 12.0 Å². The second-order valence-corrected chi connectivity index (χ2v) is 5.90. The summed E-state index contributed by atoms with van der Waals surface area (Å²) in [4.78, 5) is 34.2. The summed E-state index contributed by atoms with van der Waals surface area (Å²) in [6.07, 6.45) is 0.392. The van der Waals surface area contributed by atoms with Crippen molar-refractivity contribution in [1.29, 1.82) is 0 Å². The van der Waals surface area contributed by atoms with Crippen LogP contribution in [0.25, 0.3) is 0 Å². The van der Waals surface area contributed by atoms with E-state index in [0.29, 0.717) is 12.0 Å². The number of esters is 1. The molecule has 0 fully saturated rings. The van der Waals surface area contributed by atoms with Gasteiger partial charge in [-0.15, -0.1) is 0 Å². The number of carbonyl (C=O) groups is 3. The summed E-state index contributed by atoms with van der Waals surface area (Å²) in [7, 11) is 0. The van der Waals surface area contributed by atoms with Gasteiger partial charge in [0.15, 0.2) is 0 Å². The number of ketones is 1. The molecule has 0 aliphatic rings. The van der Waals surface area contributed by atoms with E-state index in [1.165, 1.54) is 6.92 Å². The van der Waals surface area contributed by atoms with Crippen molar-refractivity contribution in [2.45, 2.75) is 51.6 Å². The fraction of sp³-hybridized carbons (Fsp3) is 0.500. The number of carbonyl (C=O) groups excluding carboxylic acids is 2. The Labute approximate surface area is 141 Å². The molecule has 0 saturated heterocycles. The molecule has 0 amide bonds. The number of carboxylic acid groups (broad SMARTS) is 1. The van der Waals surface area contributed by atoms with E-state index in [9.17, 15) is 14.4 Å². The summed E-state index contributed by atoms with van der Waals surface area (Å²) in [5.41, 5.74) is 1.51. The molecule has 0 spiro atoms. The minimum Gasteiger partial charge on any atom is -0.481 e. The first kappa shape index (κ1) is 19.8. The second-order valence-electron chi connectivity index (χ2n) is 5.90. The smallest absolute Gasteiger partial charge is 0.310 e. The van der Waals surface area contributed by atoms with Crippen molar-refractivity contribution in [2.75, 3.05) is 6.61 Å². The lowest BCUT2D eigenvalue weighted by atomic mass is 9.98. The molecule has 0 aliphatic carbocycles. The summed E-state index contributed by atoms with van der Waals surface area (Å²) in [5, 5.41) is 18.0. The largest absolute Gasteiger partial charge is 0.481 e. The minimum absolute atomic E-state index is 0.0114. The minimum atomic E-state index is -0.888. The maximum atomic E-state index is 11.9. The van der Waals surface area contributed by atoms with Gasteiger partial charge in [0.1, 0.15) is 12.4 Å². The number of aliphatic carboxylic acids is 1. The fourth-order valence-corrected chi connectivity index (χ4v) is 2.10. The highest BCUT2D eigenvalue weighted by Crippen LogP contribution is 2.16. The molecule has 2 atom stereocenters. The van der Waals surface area contributed by atoms with Crippen LogP contribution in [0.2, 0.25) is 0 Å². The van der Waals surface area contributed by atoms with E-state index in [4.69, 9.17) is 14.9 Å². The Morgan fingerprint density at radius 2 is 1.71 bits per heavy atom. The first-order chi connectivity index (χ1) is 11.3. The Kier molecular flexibility index (Phi) is 8.12. The zero-order valence-corrected chi connectivity index (χ0v) is 14.0. The van der Waals surface area contributed by atoms with Crippen molar-refractivity contribution >= 4 is 17.7 Å². The van der Waals surface area contributed by atoms with E-state index in [1.807, 2.05) is 0 Å². The van der Waals surface area contributed by atoms with Gasteiger partial charge in [-0.3, -0.25) is 14.4 Å². The van der Waals surface area contributed by atoms with Crippen LogP contribution in [0.4, 0.5) is 0 Å². The predicted molar refractivity (Wildman–Crippen MR) is 87.7 cm³/mol. The molecule has 6 nitrogen and oxygen atoms in total. The number of benzene rings is 1. The summed E-state index contributed by atoms with van der Waals surface area (Å²) in [5.74, 6) is -1.88. The van der Waals surface area contributed by atoms with Crippen LogP contribution in [0.15, 0.2) is 24.3 Å². The maximum Gasteiger partial charge on any atom is 0.310 e. The average Bonchev–Trinajstić information content (AvgIpc) is 2.52. The number of hydrogen-bond acceptors (Lipinski definition) is 5. The van der Waals surface area contributed by atoms with Gasteiger partial charge >= 0.3 is 11.9 Å². The molecule has 24 heavy (non-hydrogen) atoms. The van der Waals surface area contributed by atoms with E-state index < -0.39 is 24.0 Å². The van der Waals surface area contributed by atoms with E-state index in [-0.39, 0.29) is 31.7 Å². The second kappa shape index (κ2) is 9.82. The molecule has 0 aromatic heterocycles. The highest BCUT2D eigenvalue weighted by Gasteiger charge is 2.13. The number of aliphatic hydroxyl groups is 1. The molecule has 1 rings (SSSR count). The molecule has 6 heteroatoms. The van der Waals surface area contributed by atoms with Gasteiger partial charge in [-0.25, -0.2) is 0 Å². The van der Waals surface area contributed by atoms with Crippen molar-refractivity contribution in [3.05, 3.63) is 35.4 Å². The SMILES string of the molecule is CC(O)COC(=O)CCCC(=O)Cc1ccc(C(C)C(=O)O)cc1. The summed E-state index contributed by atoms with van der Waals surface area (Å²) < 4.78 is 4.81. The van der Waals surface area contributed by atoms with E-state index in [1.54, 1.807) is 31.2 Å². The van der Waals surface area contributed by atoms with E-state index in [0.717, 1.165) is 5.56 Å². The number of aliphatic hydroxyl groups excluding tert-OH is 1. The average molecular weight is 336 g/mol. The number of Topliss-reactive ketones (excluding diaryl/α,β-unsaturated/α-hetero) is 1. The first-order valence-corrected chi connectivity index (χ1v) is 7.96. The zero-order chi connectivity index (χ0) is 18.1. The lowest BCUT2D eigenvalue weighted by Gasteiger charge is -2.08. The number of ether oxygens (including phenoxy) is 1. The molecule has 2 N–H and O–H groups in total. The van der Waals surface area contributed by atoms with Crippen molar-refractivity contribution in [1.82, 2.24) is 0 Å². The van der Waals surface area contributed by atoms with Crippen LogP contribution in [-0.4, -0.2) is 40.6 Å². The third-order valence-corrected chi connectivity index (χ3v) is 3.57. The normalized spacial score (nSPS) is 13.1. The fourth-order valence-electron chi connectivity index (χ4n) is 2.10. The van der Waals surface area contributed by atoms with Crippen molar-refractivity contribution in [2.24, 2.45) is 0 Å². The van der Waals surface area contributed by atoms with Crippen LogP contribution in [0, 0.1) is 0 Å². The number of carboxylic acids is 1. The van der Waals surface area contributed by atoms with Crippen molar-refractivity contribution in [3.8, 4) is 0 Å². The van der Waals surface area contributed by atoms with Gasteiger partial charge in [-0.1, -0.05) is 24.3 Å². The lowest BCUT2D eigenvalue weighted by Crippen LogP contribution is -2.15. The highest BCUT2D eigenvalue weighted by atomic mass is 16.5. The Hall–Kier alpha value is -2.21. The molecule has 0 saturated carbocycles. The Bertz CT molecular complexity index is 561. The summed E-state index contributed by atoms with van der Waals surface area (Å²) in [6, 6.07) is 6.94. The maximum absolute atomic E-state index is 11.9. The van der Waals surface area contributed by atoms with Gasteiger partial charge in [0.25, 0.3) is 0 Å². The number of rotatable bonds is 10. The van der Waals surface area contributed by atoms with Gasteiger partial charge in [0.2, 0.25) is 0 Å². The Morgan fingerprint density at radius 3 is 2.25 bits per heavy atom. The predicted octanol–water partition coefficient (Wildman–Crippen LogP) is 2.08. The Balaban J connectivity index is 2.35. The molecule has 0 bridgehead atoms. The molecule has 132 valence electrons. The van der Waals surface area contributed by atoms with Crippen molar-refractivity contribution in [3.63, 3.8) is 0 Å². The van der Waals surface area contributed by atoms with Crippen molar-refractivity contribution < 1.29 is 29.3 Å². The quantitative estimate of drug-likeness (QED) is 0.634. The Morgan fingerprint density at radius 1 is 1.08 bits per heavy atom. The van der Waals surface area contributed by atoms with Gasteiger partial charge < -0.3 is 14.9 Å². The molecule has 0 heterocycles. The van der Waals surface area contributed by atoms with Crippen LogP contribution in [0.3, 0.4) is 0 Å². The third-order valence-electron chi connectivity index (χ3n) is 3.57. The molecule has 0 radical (unpaired) electrons. The van der Waals surface area contributed by atoms with Crippen LogP contribution < -0.4 is 0 Å². The van der Waals surface area contributed by atoms with Gasteiger partial charge in [0, 0.05) is 19.3 Å². The van der Waals surface area contributed by atoms with Crippen LogP contribution in [-0.2, 0) is 25.5 Å². The zero-order valence-electron chi connectivity index (χ0n) is 14.0. The van der Waals surface area contributed by atoms with Gasteiger partial charge in [-0.2, -0.15) is 0 Å². The van der Waals surface area contributed by atoms with E-state index in [2.05, 4.69) is 0 Å². The molecule has 0 aliphatic heterocycles. The molecular weight excluding hydrogens is 312 g/mol. The third kappa shape index (κ3) is 7.37. The molecule has 1 aromatic carbocycles. The highest BCUT2D eigenvalue weighted by molar-refractivity contribution is 5.81. The summed E-state index contributed by atoms with van der Waals surface area (Å²) >= 11 is 0. The van der Waals surface area contributed by atoms with E-state index >= 15 is 0 Å². The standard InChI is InChI=1S/C18H24O6/c1-12(19)11-24-17(21)5-3-4-16(20)10-14-6-8-15(9-7-14)13(2)18(22)23/h6-9,12-13,19H,3-5,10-11H2,1-2H3,(H,22,23). The van der Waals surface area contributed by atoms with Gasteiger partial charge in [-0.05, 0) is 31.4 Å². The molecule has 2 unspecified atom stereocenters. The molecular formula is C18H24O6.